The summed E-state index contributed by atoms with van der Waals surface area (Å²) in [5.74, 6) is -1.55. The van der Waals surface area contributed by atoms with Crippen LogP contribution in [0.15, 0.2) is 73.2 Å². The number of carbonyl (C=O) groups is 2. The molecule has 1 aliphatic heterocycles. The molecule has 204 valence electrons. The maximum atomic E-state index is 13.1. The first-order valence-electron chi connectivity index (χ1n) is 13.2. The molecule has 1 fully saturated rings. The molecule has 0 saturated carbocycles. The Morgan fingerprint density at radius 2 is 1.33 bits per heavy atom. The lowest BCUT2D eigenvalue weighted by atomic mass is 9.64. The minimum absolute atomic E-state index is 0.0339. The van der Waals surface area contributed by atoms with Crippen LogP contribution in [-0.4, -0.2) is 79.5 Å². The molecule has 10 nitrogen and oxygen atoms in total. The topological polar surface area (TPSA) is 129 Å². The highest BCUT2D eigenvalue weighted by Gasteiger charge is 2.38. The second-order valence-corrected chi connectivity index (χ2v) is 9.82. The van der Waals surface area contributed by atoms with Crippen molar-refractivity contribution in [1.29, 1.82) is 0 Å². The van der Waals surface area contributed by atoms with Crippen LogP contribution in [0.2, 0.25) is 5.82 Å². The van der Waals surface area contributed by atoms with Crippen LogP contribution in [-0.2, 0) is 33.9 Å². The molecule has 2 N–H and O–H groups in total. The molecule has 1 aliphatic rings. The van der Waals surface area contributed by atoms with Gasteiger partial charge in [-0.2, -0.15) is 0 Å². The molecular weight excluding hydrogens is 497 g/mol. The monoisotopic (exact) mass is 531 g/mol. The normalized spacial score (nSPS) is 17.5. The first-order chi connectivity index (χ1) is 19.0. The second-order valence-electron chi connectivity index (χ2n) is 9.82. The third-order valence-corrected chi connectivity index (χ3v) is 6.74. The van der Waals surface area contributed by atoms with Gasteiger partial charge in [0.1, 0.15) is 11.9 Å². The Morgan fingerprint density at radius 3 is 1.79 bits per heavy atom. The van der Waals surface area contributed by atoms with Crippen LogP contribution in [0.3, 0.4) is 0 Å². The van der Waals surface area contributed by atoms with Crippen LogP contribution in [0.4, 0.5) is 0 Å². The maximum absolute atomic E-state index is 13.1. The zero-order chi connectivity index (χ0) is 27.5. The van der Waals surface area contributed by atoms with Crippen molar-refractivity contribution in [2.24, 2.45) is 0 Å². The first-order valence-corrected chi connectivity index (χ1v) is 13.2. The summed E-state index contributed by atoms with van der Waals surface area (Å²) in [6.07, 6.45) is 5.08. The molecule has 0 bridgehead atoms. The second kappa shape index (κ2) is 14.6. The van der Waals surface area contributed by atoms with E-state index in [1.807, 2.05) is 54.6 Å². The Hall–Kier alpha value is -3.51. The molecule has 0 aromatic carbocycles. The Balaban J connectivity index is 1.41. The van der Waals surface area contributed by atoms with Crippen molar-refractivity contribution in [2.75, 3.05) is 19.6 Å². The van der Waals surface area contributed by atoms with E-state index in [4.69, 9.17) is 9.76 Å². The fourth-order valence-corrected chi connectivity index (χ4v) is 4.72. The molecule has 0 aliphatic carbocycles. The number of ketones is 1. The molecule has 1 saturated heterocycles. The van der Waals surface area contributed by atoms with Crippen molar-refractivity contribution in [3.8, 4) is 0 Å². The summed E-state index contributed by atoms with van der Waals surface area (Å²) in [5.41, 5.74) is 2.76. The minimum Gasteiger partial charge on any atom is -0.479 e. The molecule has 0 radical (unpaired) electrons. The van der Waals surface area contributed by atoms with E-state index >= 15 is 0 Å². The molecule has 4 rings (SSSR count). The predicted octanol–water partition coefficient (Wildman–Crippen LogP) is 2.45. The summed E-state index contributed by atoms with van der Waals surface area (Å²) in [4.78, 5) is 42.0. The number of aliphatic carboxylic acids is 1. The Kier molecular flexibility index (Phi) is 10.7. The van der Waals surface area contributed by atoms with E-state index in [2.05, 4.69) is 24.8 Å². The highest BCUT2D eigenvalue weighted by molar-refractivity contribution is 6.45. The number of carbonyl (C=O) groups excluding carboxylic acids is 1. The van der Waals surface area contributed by atoms with E-state index in [-0.39, 0.29) is 25.2 Å². The van der Waals surface area contributed by atoms with Crippen LogP contribution >= 0.6 is 0 Å². The van der Waals surface area contributed by atoms with Gasteiger partial charge in [0.05, 0.1) is 23.6 Å². The summed E-state index contributed by atoms with van der Waals surface area (Å²) in [6.45, 7) is 3.23. The molecule has 0 unspecified atom stereocenters. The fourth-order valence-electron chi connectivity index (χ4n) is 4.72. The van der Waals surface area contributed by atoms with Gasteiger partial charge in [-0.3, -0.25) is 29.5 Å². The van der Waals surface area contributed by atoms with Gasteiger partial charge in [0.25, 0.3) is 0 Å². The van der Waals surface area contributed by atoms with Gasteiger partial charge in [0, 0.05) is 63.6 Å². The number of hydrogen-bond donors (Lipinski definition) is 2. The predicted molar refractivity (Wildman–Crippen MR) is 145 cm³/mol. The molecule has 4 heterocycles. The van der Waals surface area contributed by atoms with Gasteiger partial charge < -0.3 is 14.8 Å². The lowest BCUT2D eigenvalue weighted by Gasteiger charge is -2.30. The maximum Gasteiger partial charge on any atom is 0.458 e. The summed E-state index contributed by atoms with van der Waals surface area (Å²) >= 11 is 0. The van der Waals surface area contributed by atoms with Crippen LogP contribution in [0, 0.1) is 0 Å². The van der Waals surface area contributed by atoms with Crippen molar-refractivity contribution >= 4 is 18.9 Å². The van der Waals surface area contributed by atoms with Crippen molar-refractivity contribution in [1.82, 2.24) is 24.8 Å². The number of aromatic nitrogens is 3. The van der Waals surface area contributed by atoms with Crippen LogP contribution in [0.25, 0.3) is 0 Å². The van der Waals surface area contributed by atoms with E-state index in [9.17, 15) is 14.6 Å². The third kappa shape index (κ3) is 9.33. The summed E-state index contributed by atoms with van der Waals surface area (Å²) in [6, 6.07) is 17.4. The number of rotatable bonds is 14. The quantitative estimate of drug-likeness (QED) is 0.299. The number of hydrogen-bond acceptors (Lipinski definition) is 9. The van der Waals surface area contributed by atoms with Crippen LogP contribution in [0.1, 0.15) is 36.3 Å². The minimum atomic E-state index is -1.26. The molecule has 0 spiro atoms. The van der Waals surface area contributed by atoms with E-state index in [1.165, 1.54) is 0 Å². The van der Waals surface area contributed by atoms with Crippen molar-refractivity contribution in [2.45, 2.75) is 50.8 Å². The largest absolute Gasteiger partial charge is 0.479 e. The van der Waals surface area contributed by atoms with Gasteiger partial charge in [-0.05, 0) is 49.2 Å². The van der Waals surface area contributed by atoms with E-state index in [1.54, 1.807) is 18.6 Å². The van der Waals surface area contributed by atoms with Crippen molar-refractivity contribution < 1.29 is 24.4 Å². The van der Waals surface area contributed by atoms with Crippen LogP contribution in [0.5, 0.6) is 0 Å². The van der Waals surface area contributed by atoms with Crippen LogP contribution < -0.4 is 0 Å². The first kappa shape index (κ1) is 28.5. The average Bonchev–Trinajstić information content (AvgIpc) is 2.94. The zero-order valence-electron chi connectivity index (χ0n) is 21.9. The fraction of sp³-hybridized carbons (Fsp3) is 0.393. The van der Waals surface area contributed by atoms with Gasteiger partial charge in [-0.25, -0.2) is 4.79 Å². The number of pyridine rings is 3. The summed E-state index contributed by atoms with van der Waals surface area (Å²) in [7, 11) is -1.26. The Bertz CT molecular complexity index is 1130. The smallest absolute Gasteiger partial charge is 0.458 e. The summed E-state index contributed by atoms with van der Waals surface area (Å²) in [5, 5.41) is 19.4. The Morgan fingerprint density at radius 1 is 0.821 bits per heavy atom. The number of Topliss-reactive ketones (excluding diaryl/α,β-unsaturated/α-hetero) is 1. The molecule has 11 heteroatoms. The molecule has 2 atom stereocenters. The molecule has 0 amide bonds. The highest BCUT2D eigenvalue weighted by Crippen LogP contribution is 2.29. The average molecular weight is 531 g/mol. The lowest BCUT2D eigenvalue weighted by molar-refractivity contribution is -0.147. The molecule has 3 aromatic heterocycles. The number of nitrogens with zero attached hydrogens (tertiary/aromatic N) is 5. The van der Waals surface area contributed by atoms with Gasteiger partial charge in [-0.15, -0.1) is 0 Å². The van der Waals surface area contributed by atoms with Gasteiger partial charge in [0.2, 0.25) is 0 Å². The zero-order valence-corrected chi connectivity index (χ0v) is 21.9. The number of carboxylic acids is 1. The van der Waals surface area contributed by atoms with Gasteiger partial charge in [0.15, 0.2) is 0 Å². The van der Waals surface area contributed by atoms with E-state index < -0.39 is 25.0 Å². The highest BCUT2D eigenvalue weighted by atomic mass is 16.5. The van der Waals surface area contributed by atoms with Gasteiger partial charge >= 0.3 is 13.1 Å². The van der Waals surface area contributed by atoms with Crippen molar-refractivity contribution in [3.63, 3.8) is 0 Å². The lowest BCUT2D eigenvalue weighted by Crippen LogP contribution is -2.42. The molecular formula is C28H34BN5O5. The van der Waals surface area contributed by atoms with E-state index in [0.717, 1.165) is 17.1 Å². The Labute approximate surface area is 228 Å². The number of carboxylic acid groups (broad SMARTS) is 1. The standard InChI is InChI=1S/C28H34BN5O5/c35-26(17-22-10-11-27(28(36)37)39-29(22)38)21-34(20-25-9-3-6-14-32-25)16-15-33(18-23-7-1-4-12-30-23)19-24-8-2-5-13-31-24/h1-9,12-14,22,27,38H,10-11,15-21H2,(H,36,37)/t22-,27-/m1/s1. The summed E-state index contributed by atoms with van der Waals surface area (Å²) < 4.78 is 5.22. The van der Waals surface area contributed by atoms with E-state index in [0.29, 0.717) is 39.1 Å². The third-order valence-electron chi connectivity index (χ3n) is 6.74. The SMILES string of the molecule is O=C(C[C@H]1CC[C@H](C(=O)O)OB1O)CN(CCN(Cc1ccccn1)Cc1ccccn1)Cc1ccccn1. The molecule has 39 heavy (non-hydrogen) atoms. The van der Waals surface area contributed by atoms with Gasteiger partial charge in [-0.1, -0.05) is 18.2 Å². The van der Waals surface area contributed by atoms with Crippen molar-refractivity contribution in [3.05, 3.63) is 90.3 Å². The molecule has 3 aromatic rings.